The van der Waals surface area contributed by atoms with Crippen LogP contribution in [-0.2, 0) is 9.63 Å². The average molecular weight is 207 g/mol. The molecule has 5 heteroatoms. The zero-order valence-corrected chi connectivity index (χ0v) is 8.80. The van der Waals surface area contributed by atoms with Crippen LogP contribution < -0.4 is 0 Å². The fourth-order valence-electron chi connectivity index (χ4n) is 1.60. The monoisotopic (exact) mass is 207 g/mol. The number of alkyl halides is 2. The van der Waals surface area contributed by atoms with Crippen molar-refractivity contribution in [1.29, 1.82) is 0 Å². The van der Waals surface area contributed by atoms with Crippen LogP contribution in [0.1, 0.15) is 20.3 Å². The maximum absolute atomic E-state index is 13.1. The van der Waals surface area contributed by atoms with Crippen molar-refractivity contribution in [3.8, 4) is 0 Å². The number of rotatable bonds is 2. The van der Waals surface area contributed by atoms with Gasteiger partial charge in [-0.1, -0.05) is 13.8 Å². The standard InChI is InChI=1S/C9H15F2NO2/c1-8(2)6(5-9(8,10)11)7(13)12(3)14-4/h6H,5H2,1-4H3. The molecule has 0 aromatic heterocycles. The molecule has 1 amide bonds. The van der Waals surface area contributed by atoms with E-state index in [1.807, 2.05) is 0 Å². The fourth-order valence-corrected chi connectivity index (χ4v) is 1.60. The van der Waals surface area contributed by atoms with Crippen molar-refractivity contribution in [2.75, 3.05) is 14.2 Å². The average Bonchev–Trinajstić information content (AvgIpc) is 2.11. The van der Waals surface area contributed by atoms with Gasteiger partial charge in [-0.3, -0.25) is 9.63 Å². The van der Waals surface area contributed by atoms with E-state index in [0.29, 0.717) is 0 Å². The Hall–Kier alpha value is -0.710. The van der Waals surface area contributed by atoms with Gasteiger partial charge in [-0.15, -0.1) is 0 Å². The van der Waals surface area contributed by atoms with Crippen molar-refractivity contribution in [2.45, 2.75) is 26.2 Å². The number of hydrogen-bond donors (Lipinski definition) is 0. The van der Waals surface area contributed by atoms with E-state index in [-0.39, 0.29) is 12.3 Å². The molecule has 1 atom stereocenters. The predicted molar refractivity (Wildman–Crippen MR) is 46.6 cm³/mol. The van der Waals surface area contributed by atoms with Gasteiger partial charge < -0.3 is 0 Å². The summed E-state index contributed by atoms with van der Waals surface area (Å²) in [7, 11) is 2.76. The Morgan fingerprint density at radius 3 is 2.29 bits per heavy atom. The molecule has 1 unspecified atom stereocenters. The molecule has 14 heavy (non-hydrogen) atoms. The molecule has 3 nitrogen and oxygen atoms in total. The molecule has 0 saturated heterocycles. The molecule has 1 aliphatic rings. The van der Waals surface area contributed by atoms with E-state index in [1.54, 1.807) is 0 Å². The Balaban J connectivity index is 2.72. The summed E-state index contributed by atoms with van der Waals surface area (Å²) in [6.07, 6.45) is -0.382. The third-order valence-electron chi connectivity index (χ3n) is 3.16. The van der Waals surface area contributed by atoms with Gasteiger partial charge in [-0.2, -0.15) is 0 Å². The van der Waals surface area contributed by atoms with Crippen LogP contribution >= 0.6 is 0 Å². The molecule has 1 rings (SSSR count). The van der Waals surface area contributed by atoms with Gasteiger partial charge >= 0.3 is 0 Å². The second-order valence-electron chi connectivity index (χ2n) is 4.20. The van der Waals surface area contributed by atoms with Gasteiger partial charge in [0.05, 0.1) is 13.0 Å². The normalized spacial score (nSPS) is 28.0. The number of amides is 1. The minimum absolute atomic E-state index is 0.382. The molecule has 0 heterocycles. The van der Waals surface area contributed by atoms with Gasteiger partial charge in [0, 0.05) is 18.9 Å². The molecule has 82 valence electrons. The number of carbonyl (C=O) groups is 1. The van der Waals surface area contributed by atoms with Crippen molar-refractivity contribution in [1.82, 2.24) is 5.06 Å². The Bertz CT molecular complexity index is 253. The lowest BCUT2D eigenvalue weighted by molar-refractivity contribution is -0.241. The lowest BCUT2D eigenvalue weighted by atomic mass is 9.59. The van der Waals surface area contributed by atoms with E-state index in [2.05, 4.69) is 4.84 Å². The lowest BCUT2D eigenvalue weighted by Gasteiger charge is -2.50. The zero-order chi connectivity index (χ0) is 11.1. The minimum Gasteiger partial charge on any atom is -0.275 e. The number of hydroxylamine groups is 2. The number of hydrogen-bond acceptors (Lipinski definition) is 2. The Morgan fingerprint density at radius 1 is 1.50 bits per heavy atom. The molecule has 0 aromatic rings. The van der Waals surface area contributed by atoms with E-state index < -0.39 is 17.3 Å². The van der Waals surface area contributed by atoms with Gasteiger partial charge in [0.2, 0.25) is 5.91 Å². The second kappa shape index (κ2) is 3.15. The quantitative estimate of drug-likeness (QED) is 0.645. The molecule has 0 N–H and O–H groups in total. The number of carbonyl (C=O) groups excluding carboxylic acids is 1. The topological polar surface area (TPSA) is 29.5 Å². The summed E-state index contributed by atoms with van der Waals surface area (Å²) in [6.45, 7) is 2.81. The zero-order valence-electron chi connectivity index (χ0n) is 8.80. The summed E-state index contributed by atoms with van der Waals surface area (Å²) < 4.78 is 26.2. The van der Waals surface area contributed by atoms with Crippen LogP contribution in [0, 0.1) is 11.3 Å². The van der Waals surface area contributed by atoms with Crippen molar-refractivity contribution < 1.29 is 18.4 Å². The first-order valence-electron chi connectivity index (χ1n) is 4.43. The van der Waals surface area contributed by atoms with Crippen molar-refractivity contribution in [3.05, 3.63) is 0 Å². The minimum atomic E-state index is -2.75. The van der Waals surface area contributed by atoms with Gasteiger partial charge in [0.25, 0.3) is 5.92 Å². The Kier molecular flexibility index (Phi) is 2.56. The molecule has 0 aromatic carbocycles. The van der Waals surface area contributed by atoms with Crippen LogP contribution in [0.3, 0.4) is 0 Å². The largest absolute Gasteiger partial charge is 0.275 e. The van der Waals surface area contributed by atoms with Crippen molar-refractivity contribution in [2.24, 2.45) is 11.3 Å². The summed E-state index contributed by atoms with van der Waals surface area (Å²) >= 11 is 0. The molecule has 1 aliphatic carbocycles. The van der Waals surface area contributed by atoms with Crippen LogP contribution in [0.15, 0.2) is 0 Å². The number of halogens is 2. The van der Waals surface area contributed by atoms with Gasteiger partial charge in [0.15, 0.2) is 0 Å². The smallest absolute Gasteiger partial charge is 0.254 e. The molecule has 1 fully saturated rings. The van der Waals surface area contributed by atoms with E-state index in [4.69, 9.17) is 0 Å². The molecule has 1 saturated carbocycles. The van der Waals surface area contributed by atoms with E-state index in [9.17, 15) is 13.6 Å². The summed E-state index contributed by atoms with van der Waals surface area (Å²) in [5.41, 5.74) is -1.27. The van der Waals surface area contributed by atoms with Crippen LogP contribution in [0.25, 0.3) is 0 Å². The maximum Gasteiger partial charge on any atom is 0.254 e. The molecular formula is C9H15F2NO2. The van der Waals surface area contributed by atoms with Crippen LogP contribution in [-0.4, -0.2) is 31.1 Å². The molecule has 0 radical (unpaired) electrons. The first kappa shape index (κ1) is 11.4. The van der Waals surface area contributed by atoms with Crippen molar-refractivity contribution >= 4 is 5.91 Å². The van der Waals surface area contributed by atoms with Gasteiger partial charge in [0.1, 0.15) is 0 Å². The SMILES string of the molecule is CON(C)C(=O)C1CC(F)(F)C1(C)C. The molecule has 0 bridgehead atoms. The van der Waals surface area contributed by atoms with E-state index >= 15 is 0 Å². The van der Waals surface area contributed by atoms with Crippen molar-refractivity contribution in [3.63, 3.8) is 0 Å². The van der Waals surface area contributed by atoms with Crippen LogP contribution in [0.5, 0.6) is 0 Å². The molecule has 0 aliphatic heterocycles. The van der Waals surface area contributed by atoms with Crippen LogP contribution in [0.2, 0.25) is 0 Å². The summed E-state index contributed by atoms with van der Waals surface area (Å²) in [5.74, 6) is -3.78. The Labute approximate surface area is 82.0 Å². The third kappa shape index (κ3) is 1.39. The lowest BCUT2D eigenvalue weighted by Crippen LogP contribution is -2.60. The summed E-state index contributed by atoms with van der Waals surface area (Å²) in [5, 5.41) is 1.00. The van der Waals surface area contributed by atoms with Gasteiger partial charge in [-0.05, 0) is 0 Å². The highest BCUT2D eigenvalue weighted by molar-refractivity contribution is 5.80. The number of nitrogens with zero attached hydrogens (tertiary/aromatic N) is 1. The Morgan fingerprint density at radius 2 is 2.00 bits per heavy atom. The maximum atomic E-state index is 13.1. The summed E-state index contributed by atoms with van der Waals surface area (Å²) in [4.78, 5) is 16.2. The van der Waals surface area contributed by atoms with E-state index in [0.717, 1.165) is 5.06 Å². The molecule has 0 spiro atoms. The first-order valence-corrected chi connectivity index (χ1v) is 4.43. The van der Waals surface area contributed by atoms with Crippen LogP contribution in [0.4, 0.5) is 8.78 Å². The fraction of sp³-hybridized carbons (Fsp3) is 0.889. The second-order valence-corrected chi connectivity index (χ2v) is 4.20. The first-order chi connectivity index (χ1) is 6.24. The highest BCUT2D eigenvalue weighted by atomic mass is 19.3. The van der Waals surface area contributed by atoms with E-state index in [1.165, 1.54) is 28.0 Å². The summed E-state index contributed by atoms with van der Waals surface area (Å²) in [6, 6.07) is 0. The predicted octanol–water partition coefficient (Wildman–Crippen LogP) is 1.69. The molecular weight excluding hydrogens is 192 g/mol. The van der Waals surface area contributed by atoms with Gasteiger partial charge in [-0.25, -0.2) is 13.8 Å². The third-order valence-corrected chi connectivity index (χ3v) is 3.16. The highest BCUT2D eigenvalue weighted by Crippen LogP contribution is 2.58. The highest BCUT2D eigenvalue weighted by Gasteiger charge is 2.65.